The van der Waals surface area contributed by atoms with Gasteiger partial charge in [-0.3, -0.25) is 0 Å². The first-order valence-corrected chi connectivity index (χ1v) is 6.24. The number of nitrogens with zero attached hydrogens (tertiary/aromatic N) is 2. The summed E-state index contributed by atoms with van der Waals surface area (Å²) in [4.78, 5) is 3.95. The van der Waals surface area contributed by atoms with Gasteiger partial charge < -0.3 is 9.88 Å². The molecule has 0 bridgehead atoms. The van der Waals surface area contributed by atoms with Crippen LogP contribution in [0, 0.1) is 5.92 Å². The number of hydrogen-bond acceptors (Lipinski definition) is 2. The second-order valence-corrected chi connectivity index (χ2v) is 4.92. The fraction of sp³-hybridized carbons (Fsp3) is 0.750. The van der Waals surface area contributed by atoms with Crippen molar-refractivity contribution in [3.63, 3.8) is 0 Å². The molecule has 1 aliphatic carbocycles. The van der Waals surface area contributed by atoms with Gasteiger partial charge in [0.05, 0.1) is 17.9 Å². The highest BCUT2D eigenvalue weighted by Gasteiger charge is 2.45. The van der Waals surface area contributed by atoms with Crippen molar-refractivity contribution in [3.05, 3.63) is 18.2 Å². The third kappa shape index (κ3) is 3.04. The standard InChI is InChI=1S/C12H18F3N3/c1-18-8-16-6-9(18)7-17-11-5-3-2-4-10(11)12(13,14)15/h6,8,10-11,17H,2-5,7H2,1H3/t10-,11-/m0/s1. The molecule has 1 N–H and O–H groups in total. The van der Waals surface area contributed by atoms with Crippen LogP contribution in [0.25, 0.3) is 0 Å². The fourth-order valence-corrected chi connectivity index (χ4v) is 2.56. The lowest BCUT2D eigenvalue weighted by Gasteiger charge is -2.33. The van der Waals surface area contributed by atoms with Gasteiger partial charge in [0.2, 0.25) is 0 Å². The molecular weight excluding hydrogens is 243 g/mol. The average molecular weight is 261 g/mol. The Labute approximate surface area is 104 Å². The van der Waals surface area contributed by atoms with Crippen LogP contribution >= 0.6 is 0 Å². The minimum Gasteiger partial charge on any atom is -0.337 e. The predicted molar refractivity (Wildman–Crippen MR) is 61.8 cm³/mol. The molecule has 1 heterocycles. The van der Waals surface area contributed by atoms with Crippen molar-refractivity contribution in [2.24, 2.45) is 13.0 Å². The summed E-state index contributed by atoms with van der Waals surface area (Å²) in [7, 11) is 1.84. The van der Waals surface area contributed by atoms with Crippen molar-refractivity contribution >= 4 is 0 Å². The van der Waals surface area contributed by atoms with Crippen LogP contribution in [-0.4, -0.2) is 21.8 Å². The highest BCUT2D eigenvalue weighted by Crippen LogP contribution is 2.37. The van der Waals surface area contributed by atoms with E-state index in [4.69, 9.17) is 0 Å². The van der Waals surface area contributed by atoms with Crippen LogP contribution in [0.3, 0.4) is 0 Å². The molecule has 0 amide bonds. The van der Waals surface area contributed by atoms with Gasteiger partial charge in [-0.05, 0) is 12.8 Å². The first-order chi connectivity index (χ1) is 8.48. The summed E-state index contributed by atoms with van der Waals surface area (Å²) in [5.41, 5.74) is 0.904. The van der Waals surface area contributed by atoms with E-state index in [1.165, 1.54) is 0 Å². The normalized spacial score (nSPS) is 25.3. The highest BCUT2D eigenvalue weighted by molar-refractivity contribution is 4.98. The van der Waals surface area contributed by atoms with Gasteiger partial charge in [-0.2, -0.15) is 13.2 Å². The van der Waals surface area contributed by atoms with E-state index in [9.17, 15) is 13.2 Å². The molecule has 0 unspecified atom stereocenters. The molecule has 102 valence electrons. The van der Waals surface area contributed by atoms with Crippen LogP contribution in [0.4, 0.5) is 13.2 Å². The van der Waals surface area contributed by atoms with Crippen LogP contribution in [0.15, 0.2) is 12.5 Å². The molecule has 1 aliphatic rings. The topological polar surface area (TPSA) is 29.9 Å². The third-order valence-electron chi connectivity index (χ3n) is 3.65. The molecule has 1 saturated carbocycles. The molecule has 1 aromatic heterocycles. The summed E-state index contributed by atoms with van der Waals surface area (Å²) in [6.45, 7) is 0.438. The van der Waals surface area contributed by atoms with Gasteiger partial charge in [-0.1, -0.05) is 12.8 Å². The number of nitrogens with one attached hydrogen (secondary N) is 1. The summed E-state index contributed by atoms with van der Waals surface area (Å²) in [6.07, 6.45) is 1.63. The largest absolute Gasteiger partial charge is 0.393 e. The molecule has 0 radical (unpaired) electrons. The Kier molecular flexibility index (Phi) is 3.94. The zero-order chi connectivity index (χ0) is 13.2. The molecule has 0 aromatic carbocycles. The smallest absolute Gasteiger partial charge is 0.337 e. The van der Waals surface area contributed by atoms with Crippen LogP contribution in [-0.2, 0) is 13.6 Å². The molecule has 0 aliphatic heterocycles. The van der Waals surface area contributed by atoms with Crippen molar-refractivity contribution in [2.45, 2.75) is 44.4 Å². The Balaban J connectivity index is 1.96. The van der Waals surface area contributed by atoms with Crippen LogP contribution < -0.4 is 5.32 Å². The Morgan fingerprint density at radius 1 is 1.39 bits per heavy atom. The van der Waals surface area contributed by atoms with E-state index in [0.29, 0.717) is 19.4 Å². The van der Waals surface area contributed by atoms with E-state index in [-0.39, 0.29) is 6.42 Å². The van der Waals surface area contributed by atoms with E-state index in [2.05, 4.69) is 10.3 Å². The highest BCUT2D eigenvalue weighted by atomic mass is 19.4. The maximum absolute atomic E-state index is 12.9. The number of rotatable bonds is 3. The number of alkyl halides is 3. The Morgan fingerprint density at radius 3 is 2.72 bits per heavy atom. The van der Waals surface area contributed by atoms with E-state index in [1.807, 2.05) is 11.6 Å². The number of imidazole rings is 1. The van der Waals surface area contributed by atoms with Crippen molar-refractivity contribution in [2.75, 3.05) is 0 Å². The van der Waals surface area contributed by atoms with Gasteiger partial charge in [0.25, 0.3) is 0 Å². The second-order valence-electron chi connectivity index (χ2n) is 4.92. The Hall–Kier alpha value is -1.04. The van der Waals surface area contributed by atoms with Gasteiger partial charge in [0.1, 0.15) is 0 Å². The Morgan fingerprint density at radius 2 is 2.11 bits per heavy atom. The molecule has 18 heavy (non-hydrogen) atoms. The lowest BCUT2D eigenvalue weighted by molar-refractivity contribution is -0.189. The van der Waals surface area contributed by atoms with Crippen molar-refractivity contribution < 1.29 is 13.2 Å². The predicted octanol–water partition coefficient (Wildman–Crippen LogP) is 2.63. The number of halogens is 3. The molecule has 1 fully saturated rings. The van der Waals surface area contributed by atoms with Crippen molar-refractivity contribution in [3.8, 4) is 0 Å². The summed E-state index contributed by atoms with van der Waals surface area (Å²) in [6, 6.07) is -0.464. The van der Waals surface area contributed by atoms with Gasteiger partial charge in [0, 0.05) is 25.8 Å². The van der Waals surface area contributed by atoms with E-state index >= 15 is 0 Å². The zero-order valence-corrected chi connectivity index (χ0v) is 10.4. The molecule has 1 aromatic rings. The van der Waals surface area contributed by atoms with E-state index in [0.717, 1.165) is 12.1 Å². The lowest BCUT2D eigenvalue weighted by Crippen LogP contribution is -2.45. The minimum absolute atomic E-state index is 0.243. The number of aromatic nitrogens is 2. The van der Waals surface area contributed by atoms with Crippen LogP contribution in [0.2, 0.25) is 0 Å². The maximum Gasteiger partial charge on any atom is 0.393 e. The molecule has 0 saturated heterocycles. The quantitative estimate of drug-likeness (QED) is 0.906. The Bertz CT molecular complexity index is 386. The summed E-state index contributed by atoms with van der Waals surface area (Å²) in [5, 5.41) is 3.04. The molecule has 2 atom stereocenters. The van der Waals surface area contributed by atoms with E-state index < -0.39 is 18.1 Å². The summed E-state index contributed by atoms with van der Waals surface area (Å²) >= 11 is 0. The minimum atomic E-state index is -4.09. The van der Waals surface area contributed by atoms with Crippen molar-refractivity contribution in [1.29, 1.82) is 0 Å². The monoisotopic (exact) mass is 261 g/mol. The zero-order valence-electron chi connectivity index (χ0n) is 10.4. The first-order valence-electron chi connectivity index (χ1n) is 6.24. The van der Waals surface area contributed by atoms with E-state index in [1.54, 1.807) is 12.5 Å². The molecule has 0 spiro atoms. The van der Waals surface area contributed by atoms with Crippen molar-refractivity contribution in [1.82, 2.24) is 14.9 Å². The van der Waals surface area contributed by atoms with Gasteiger partial charge in [-0.15, -0.1) is 0 Å². The lowest BCUT2D eigenvalue weighted by atomic mass is 9.84. The number of aryl methyl sites for hydroxylation is 1. The number of hydrogen-bond donors (Lipinski definition) is 1. The van der Waals surface area contributed by atoms with Crippen LogP contribution in [0.5, 0.6) is 0 Å². The van der Waals surface area contributed by atoms with Gasteiger partial charge in [-0.25, -0.2) is 4.98 Å². The third-order valence-corrected chi connectivity index (χ3v) is 3.65. The second kappa shape index (κ2) is 5.30. The van der Waals surface area contributed by atoms with Gasteiger partial charge >= 0.3 is 6.18 Å². The van der Waals surface area contributed by atoms with Gasteiger partial charge in [0.15, 0.2) is 0 Å². The molecule has 6 heteroatoms. The van der Waals surface area contributed by atoms with Crippen LogP contribution in [0.1, 0.15) is 31.4 Å². The summed E-state index contributed by atoms with van der Waals surface area (Å²) < 4.78 is 40.5. The first kappa shape index (κ1) is 13.4. The molecular formula is C12H18F3N3. The SMILES string of the molecule is Cn1cncc1CN[C@H]1CCCC[C@@H]1C(F)(F)F. The molecule has 2 rings (SSSR count). The molecule has 3 nitrogen and oxygen atoms in total. The average Bonchev–Trinajstić information content (AvgIpc) is 2.71. The fourth-order valence-electron chi connectivity index (χ4n) is 2.56. The summed E-state index contributed by atoms with van der Waals surface area (Å²) in [5.74, 6) is -1.21. The maximum atomic E-state index is 12.9.